The first-order valence-electron chi connectivity index (χ1n) is 5.54. The number of nitrogens with zero attached hydrogens (tertiary/aromatic N) is 3. The van der Waals surface area contributed by atoms with Crippen molar-refractivity contribution >= 4 is 32.7 Å². The molecule has 1 N–H and O–H groups in total. The van der Waals surface area contributed by atoms with Crippen LogP contribution in [0.25, 0.3) is 11.0 Å². The summed E-state index contributed by atoms with van der Waals surface area (Å²) in [5, 5.41) is 9.04. The van der Waals surface area contributed by atoms with Gasteiger partial charge in [0.2, 0.25) is 0 Å². The Hall–Kier alpha value is -1.20. The Morgan fingerprint density at radius 3 is 3.00 bits per heavy atom. The molecule has 88 valence electrons. The zero-order valence-corrected chi connectivity index (χ0v) is 10.8. The number of hydrogen-bond donors (Lipinski definition) is 1. The minimum absolute atomic E-state index is 0.262. The van der Waals surface area contributed by atoms with Crippen LogP contribution in [0, 0.1) is 5.92 Å². The summed E-state index contributed by atoms with van der Waals surface area (Å²) >= 11 is 3.40. The summed E-state index contributed by atoms with van der Waals surface area (Å²) in [6.45, 7) is 2.05. The second kappa shape index (κ2) is 4.23. The maximum absolute atomic E-state index is 9.04. The van der Waals surface area contributed by atoms with E-state index in [1.807, 2.05) is 12.1 Å². The van der Waals surface area contributed by atoms with Crippen molar-refractivity contribution in [2.75, 3.05) is 24.6 Å². The predicted molar refractivity (Wildman–Crippen MR) is 70.0 cm³/mol. The number of hydrogen-bond acceptors (Lipinski definition) is 4. The largest absolute Gasteiger partial charge is 0.396 e. The van der Waals surface area contributed by atoms with Crippen LogP contribution in [0.1, 0.15) is 0 Å². The van der Waals surface area contributed by atoms with Gasteiger partial charge in [-0.1, -0.05) is 0 Å². The molecule has 0 aromatic carbocycles. The van der Waals surface area contributed by atoms with Gasteiger partial charge in [-0.15, -0.1) is 0 Å². The highest BCUT2D eigenvalue weighted by Gasteiger charge is 2.27. The molecule has 1 saturated heterocycles. The third-order valence-corrected chi connectivity index (χ3v) is 3.51. The van der Waals surface area contributed by atoms with E-state index in [4.69, 9.17) is 5.11 Å². The standard InChI is InChI=1S/C12H12BrN3O/c13-9-3-10-12(15-4-9)11(1-2-14-10)16-5-8(6-16)7-17/h1-4,8,17H,5-7H2. The summed E-state index contributed by atoms with van der Waals surface area (Å²) in [7, 11) is 0. The van der Waals surface area contributed by atoms with Crippen molar-refractivity contribution in [3.05, 3.63) is 29.0 Å². The van der Waals surface area contributed by atoms with Gasteiger partial charge in [0.25, 0.3) is 0 Å². The first kappa shape index (κ1) is 10.9. The van der Waals surface area contributed by atoms with Gasteiger partial charge in [-0.3, -0.25) is 9.97 Å². The highest BCUT2D eigenvalue weighted by molar-refractivity contribution is 9.10. The molecule has 1 fully saturated rings. The lowest BCUT2D eigenvalue weighted by Gasteiger charge is -2.40. The lowest BCUT2D eigenvalue weighted by molar-refractivity contribution is 0.201. The van der Waals surface area contributed by atoms with Gasteiger partial charge in [-0.05, 0) is 28.1 Å². The second-order valence-electron chi connectivity index (χ2n) is 4.30. The molecule has 3 rings (SSSR count). The quantitative estimate of drug-likeness (QED) is 0.918. The molecule has 5 heteroatoms. The van der Waals surface area contributed by atoms with E-state index >= 15 is 0 Å². The Balaban J connectivity index is 2.00. The molecule has 0 saturated carbocycles. The van der Waals surface area contributed by atoms with Gasteiger partial charge in [-0.2, -0.15) is 0 Å². The van der Waals surface area contributed by atoms with E-state index in [-0.39, 0.29) is 6.61 Å². The molecule has 0 unspecified atom stereocenters. The van der Waals surface area contributed by atoms with Gasteiger partial charge in [0, 0.05) is 42.5 Å². The number of fused-ring (bicyclic) bond motifs is 1. The van der Waals surface area contributed by atoms with Crippen molar-refractivity contribution in [2.45, 2.75) is 0 Å². The van der Waals surface area contributed by atoms with E-state index in [0.717, 1.165) is 34.3 Å². The number of halogens is 1. The van der Waals surface area contributed by atoms with Crippen molar-refractivity contribution < 1.29 is 5.11 Å². The molecule has 0 radical (unpaired) electrons. The van der Waals surface area contributed by atoms with E-state index in [1.165, 1.54) is 0 Å². The van der Waals surface area contributed by atoms with Crippen LogP contribution in [0.5, 0.6) is 0 Å². The van der Waals surface area contributed by atoms with Crippen molar-refractivity contribution in [3.8, 4) is 0 Å². The van der Waals surface area contributed by atoms with Crippen molar-refractivity contribution in [2.24, 2.45) is 5.92 Å². The Kier molecular flexibility index (Phi) is 2.72. The van der Waals surface area contributed by atoms with E-state index in [9.17, 15) is 0 Å². The zero-order chi connectivity index (χ0) is 11.8. The molecule has 4 nitrogen and oxygen atoms in total. The van der Waals surface area contributed by atoms with Crippen molar-refractivity contribution in [3.63, 3.8) is 0 Å². The second-order valence-corrected chi connectivity index (χ2v) is 5.22. The maximum atomic E-state index is 9.04. The molecule has 2 aromatic rings. The fourth-order valence-corrected chi connectivity index (χ4v) is 2.45. The third kappa shape index (κ3) is 1.89. The van der Waals surface area contributed by atoms with Gasteiger partial charge in [-0.25, -0.2) is 0 Å². The lowest BCUT2D eigenvalue weighted by atomic mass is 10.0. The highest BCUT2D eigenvalue weighted by atomic mass is 79.9. The summed E-state index contributed by atoms with van der Waals surface area (Å²) in [5.74, 6) is 0.397. The van der Waals surface area contributed by atoms with E-state index in [2.05, 4.69) is 30.8 Å². The summed E-state index contributed by atoms with van der Waals surface area (Å²) in [5.41, 5.74) is 2.92. The van der Waals surface area contributed by atoms with Gasteiger partial charge in [0.1, 0.15) is 5.52 Å². The number of aliphatic hydroxyl groups is 1. The van der Waals surface area contributed by atoms with Gasteiger partial charge in [0.15, 0.2) is 0 Å². The van der Waals surface area contributed by atoms with Crippen LogP contribution in [-0.2, 0) is 0 Å². The van der Waals surface area contributed by atoms with Crippen molar-refractivity contribution in [1.29, 1.82) is 0 Å². The third-order valence-electron chi connectivity index (χ3n) is 3.08. The van der Waals surface area contributed by atoms with Crippen molar-refractivity contribution in [1.82, 2.24) is 9.97 Å². The smallest absolute Gasteiger partial charge is 0.112 e. The number of aromatic nitrogens is 2. The van der Waals surface area contributed by atoms with Gasteiger partial charge >= 0.3 is 0 Å². The number of rotatable bonds is 2. The lowest BCUT2D eigenvalue weighted by Crippen LogP contribution is -2.48. The Bertz CT molecular complexity index is 554. The van der Waals surface area contributed by atoms with Crippen LogP contribution in [0.4, 0.5) is 5.69 Å². The average molecular weight is 294 g/mol. The van der Waals surface area contributed by atoms with Gasteiger partial charge < -0.3 is 10.0 Å². The molecule has 0 atom stereocenters. The fourth-order valence-electron chi connectivity index (χ4n) is 2.13. The first-order chi connectivity index (χ1) is 8.28. The summed E-state index contributed by atoms with van der Waals surface area (Å²) in [4.78, 5) is 11.0. The minimum atomic E-state index is 0.262. The maximum Gasteiger partial charge on any atom is 0.112 e. The normalized spacial score (nSPS) is 16.2. The average Bonchev–Trinajstić information content (AvgIpc) is 2.27. The van der Waals surface area contributed by atoms with E-state index in [0.29, 0.717) is 5.92 Å². The van der Waals surface area contributed by atoms with Crippen LogP contribution >= 0.6 is 15.9 Å². The Morgan fingerprint density at radius 2 is 2.24 bits per heavy atom. The molecule has 0 amide bonds. The van der Waals surface area contributed by atoms with Crippen LogP contribution in [0.15, 0.2) is 29.0 Å². The first-order valence-corrected chi connectivity index (χ1v) is 6.33. The molecule has 3 heterocycles. The number of pyridine rings is 2. The van der Waals surface area contributed by atoms with Gasteiger partial charge in [0.05, 0.1) is 11.2 Å². The molecule has 1 aliphatic rings. The Morgan fingerprint density at radius 1 is 1.41 bits per heavy atom. The van der Waals surface area contributed by atoms with Crippen LogP contribution in [0.3, 0.4) is 0 Å². The minimum Gasteiger partial charge on any atom is -0.396 e. The predicted octanol–water partition coefficient (Wildman–Crippen LogP) is 1.82. The topological polar surface area (TPSA) is 49.2 Å². The highest BCUT2D eigenvalue weighted by Crippen LogP contribution is 2.30. The fraction of sp³-hybridized carbons (Fsp3) is 0.333. The SMILES string of the molecule is OCC1CN(c2ccnc3cc(Br)cnc23)C1. The van der Waals surface area contributed by atoms with Crippen LogP contribution in [0.2, 0.25) is 0 Å². The van der Waals surface area contributed by atoms with E-state index in [1.54, 1.807) is 12.4 Å². The number of anilines is 1. The molecule has 17 heavy (non-hydrogen) atoms. The molecule has 2 aromatic heterocycles. The number of aliphatic hydroxyl groups excluding tert-OH is 1. The van der Waals surface area contributed by atoms with Crippen LogP contribution in [-0.4, -0.2) is 34.8 Å². The molecular formula is C12H12BrN3O. The zero-order valence-electron chi connectivity index (χ0n) is 9.17. The Labute approximate surface area is 107 Å². The molecule has 0 bridgehead atoms. The molecule has 1 aliphatic heterocycles. The molecule has 0 spiro atoms. The molecular weight excluding hydrogens is 282 g/mol. The molecule has 0 aliphatic carbocycles. The summed E-state index contributed by atoms with van der Waals surface area (Å²) in [6, 6.07) is 3.95. The summed E-state index contributed by atoms with van der Waals surface area (Å²) in [6.07, 6.45) is 3.59. The van der Waals surface area contributed by atoms with E-state index < -0.39 is 0 Å². The summed E-state index contributed by atoms with van der Waals surface area (Å²) < 4.78 is 0.937. The monoisotopic (exact) mass is 293 g/mol. The van der Waals surface area contributed by atoms with Crippen LogP contribution < -0.4 is 4.90 Å².